The second-order valence-electron chi connectivity index (χ2n) is 11.1. The predicted molar refractivity (Wildman–Crippen MR) is 193 cm³/mol. The van der Waals surface area contributed by atoms with Gasteiger partial charge in [-0.15, -0.1) is 22.7 Å². The van der Waals surface area contributed by atoms with Gasteiger partial charge < -0.3 is 0 Å². The first kappa shape index (κ1) is 26.8. The fourth-order valence-corrected chi connectivity index (χ4v) is 8.07. The van der Waals surface area contributed by atoms with Crippen molar-refractivity contribution in [1.82, 2.24) is 19.9 Å². The normalized spacial score (nSPS) is 11.5. The Balaban J connectivity index is 1.10. The lowest BCUT2D eigenvalue weighted by Gasteiger charge is -2.08. The summed E-state index contributed by atoms with van der Waals surface area (Å²) in [5.41, 5.74) is 7.49. The van der Waals surface area contributed by atoms with Gasteiger partial charge in [-0.05, 0) is 29.3 Å². The van der Waals surface area contributed by atoms with E-state index in [1.165, 1.54) is 36.0 Å². The topological polar surface area (TPSA) is 51.6 Å². The third kappa shape index (κ3) is 4.85. The van der Waals surface area contributed by atoms with Crippen LogP contribution in [-0.4, -0.2) is 19.9 Å². The molecule has 0 saturated heterocycles. The number of aromatic nitrogens is 4. The molecule has 0 N–H and O–H groups in total. The summed E-state index contributed by atoms with van der Waals surface area (Å²) in [6, 6.07) is 50.4. The van der Waals surface area contributed by atoms with Crippen molar-refractivity contribution in [2.45, 2.75) is 0 Å². The SMILES string of the molecule is c1ccc(-c2ccc(-c3nc4cc5c(cc4s3)sc3cc(-c4nc(-c6ccccc6)nc(-c6ccccc6)n4)ccc35)cc2)cc1. The van der Waals surface area contributed by atoms with Gasteiger partial charge in [0.15, 0.2) is 17.5 Å². The molecule has 3 heterocycles. The smallest absolute Gasteiger partial charge is 0.164 e. The van der Waals surface area contributed by atoms with Crippen LogP contribution in [0.2, 0.25) is 0 Å². The average molecular weight is 625 g/mol. The zero-order valence-corrected chi connectivity index (χ0v) is 26.1. The van der Waals surface area contributed by atoms with Crippen molar-refractivity contribution in [3.63, 3.8) is 0 Å². The van der Waals surface area contributed by atoms with Gasteiger partial charge in [-0.3, -0.25) is 0 Å². The minimum Gasteiger partial charge on any atom is -0.236 e. The Morgan fingerprint density at radius 3 is 1.46 bits per heavy atom. The number of hydrogen-bond donors (Lipinski definition) is 0. The molecule has 46 heavy (non-hydrogen) atoms. The second-order valence-corrected chi connectivity index (χ2v) is 13.2. The number of rotatable bonds is 5. The van der Waals surface area contributed by atoms with Gasteiger partial charge in [0.05, 0.1) is 10.2 Å². The maximum atomic E-state index is 5.06. The Kier molecular flexibility index (Phi) is 6.47. The van der Waals surface area contributed by atoms with Crippen molar-refractivity contribution in [2.24, 2.45) is 0 Å². The van der Waals surface area contributed by atoms with E-state index in [4.69, 9.17) is 19.9 Å². The van der Waals surface area contributed by atoms with E-state index in [0.717, 1.165) is 32.8 Å². The quantitative estimate of drug-likeness (QED) is 0.191. The summed E-state index contributed by atoms with van der Waals surface area (Å²) in [4.78, 5) is 19.8. The van der Waals surface area contributed by atoms with Crippen molar-refractivity contribution >= 4 is 53.1 Å². The zero-order chi connectivity index (χ0) is 30.5. The van der Waals surface area contributed by atoms with Crippen molar-refractivity contribution in [2.75, 3.05) is 0 Å². The Labute approximate surface area is 273 Å². The van der Waals surface area contributed by atoms with E-state index in [0.29, 0.717) is 17.5 Å². The summed E-state index contributed by atoms with van der Waals surface area (Å²) < 4.78 is 3.64. The molecule has 9 rings (SSSR count). The first-order chi connectivity index (χ1) is 22.7. The summed E-state index contributed by atoms with van der Waals surface area (Å²) in [6.45, 7) is 0. The fourth-order valence-electron chi connectivity index (χ4n) is 5.83. The van der Waals surface area contributed by atoms with E-state index < -0.39 is 0 Å². The van der Waals surface area contributed by atoms with E-state index in [2.05, 4.69) is 78.9 Å². The van der Waals surface area contributed by atoms with Gasteiger partial charge in [-0.1, -0.05) is 127 Å². The molecule has 0 unspecified atom stereocenters. The van der Waals surface area contributed by atoms with Crippen LogP contribution in [0, 0.1) is 0 Å². The van der Waals surface area contributed by atoms with Crippen LogP contribution in [0.1, 0.15) is 0 Å². The van der Waals surface area contributed by atoms with Gasteiger partial charge in [0.2, 0.25) is 0 Å². The monoisotopic (exact) mass is 624 g/mol. The van der Waals surface area contributed by atoms with E-state index >= 15 is 0 Å². The summed E-state index contributed by atoms with van der Waals surface area (Å²) >= 11 is 3.54. The zero-order valence-electron chi connectivity index (χ0n) is 24.5. The highest BCUT2D eigenvalue weighted by Gasteiger charge is 2.15. The van der Waals surface area contributed by atoms with Crippen molar-refractivity contribution in [1.29, 1.82) is 0 Å². The number of nitrogens with zero attached hydrogens (tertiary/aromatic N) is 4. The molecule has 0 bridgehead atoms. The van der Waals surface area contributed by atoms with Crippen molar-refractivity contribution in [3.05, 3.63) is 146 Å². The van der Waals surface area contributed by atoms with Crippen molar-refractivity contribution in [3.8, 4) is 55.9 Å². The summed E-state index contributed by atoms with van der Waals surface area (Å²) in [5, 5.41) is 3.48. The number of benzene rings is 6. The molecule has 216 valence electrons. The van der Waals surface area contributed by atoms with Gasteiger partial charge in [-0.2, -0.15) is 0 Å². The van der Waals surface area contributed by atoms with Crippen LogP contribution >= 0.6 is 22.7 Å². The number of thiophene rings is 1. The molecule has 4 nitrogen and oxygen atoms in total. The molecule has 0 aliphatic carbocycles. The molecule has 0 aliphatic heterocycles. The third-order valence-electron chi connectivity index (χ3n) is 8.18. The van der Waals surface area contributed by atoms with E-state index in [9.17, 15) is 0 Å². The van der Waals surface area contributed by atoms with Crippen LogP contribution in [0.5, 0.6) is 0 Å². The molecule has 0 fully saturated rings. The predicted octanol–water partition coefficient (Wildman–Crippen LogP) is 11.2. The van der Waals surface area contributed by atoms with Crippen LogP contribution in [0.3, 0.4) is 0 Å². The Hall–Kier alpha value is -5.56. The maximum absolute atomic E-state index is 5.06. The first-order valence-corrected chi connectivity index (χ1v) is 16.7. The molecule has 0 radical (unpaired) electrons. The van der Waals surface area contributed by atoms with Crippen LogP contribution in [0.4, 0.5) is 0 Å². The molecular formula is C40H24N4S2. The average Bonchev–Trinajstić information content (AvgIpc) is 3.71. The Morgan fingerprint density at radius 2 is 0.826 bits per heavy atom. The molecule has 0 saturated carbocycles. The minimum absolute atomic E-state index is 0.664. The fraction of sp³-hybridized carbons (Fsp3) is 0. The van der Waals surface area contributed by atoms with Crippen molar-refractivity contribution < 1.29 is 0 Å². The van der Waals surface area contributed by atoms with Gasteiger partial charge in [-0.25, -0.2) is 19.9 Å². The van der Waals surface area contributed by atoms with E-state index in [1.807, 2.05) is 66.7 Å². The number of hydrogen-bond acceptors (Lipinski definition) is 6. The lowest BCUT2D eigenvalue weighted by molar-refractivity contribution is 1.07. The summed E-state index contributed by atoms with van der Waals surface area (Å²) in [6.07, 6.45) is 0. The summed E-state index contributed by atoms with van der Waals surface area (Å²) in [5.74, 6) is 1.99. The highest BCUT2D eigenvalue weighted by Crippen LogP contribution is 2.41. The summed E-state index contributed by atoms with van der Waals surface area (Å²) in [7, 11) is 0. The van der Waals surface area contributed by atoms with Gasteiger partial charge in [0, 0.05) is 42.4 Å². The largest absolute Gasteiger partial charge is 0.236 e. The molecule has 0 amide bonds. The molecule has 0 spiro atoms. The van der Waals surface area contributed by atoms with Gasteiger partial charge in [0.25, 0.3) is 0 Å². The lowest BCUT2D eigenvalue weighted by atomic mass is 10.0. The van der Waals surface area contributed by atoms with Crippen LogP contribution < -0.4 is 0 Å². The lowest BCUT2D eigenvalue weighted by Crippen LogP contribution is -1.99. The minimum atomic E-state index is 0.664. The molecule has 6 heteroatoms. The second kappa shape index (κ2) is 11.1. The van der Waals surface area contributed by atoms with E-state index in [-0.39, 0.29) is 0 Å². The molecule has 0 atom stereocenters. The Morgan fingerprint density at radius 1 is 0.326 bits per heavy atom. The van der Waals surface area contributed by atoms with E-state index in [1.54, 1.807) is 22.7 Å². The molecule has 9 aromatic rings. The standard InChI is InChI=1S/C40H24N4S2/c1-4-10-25(11-5-1)26-16-18-29(19-17-26)40-41-33-23-32-31-21-20-30(22-34(31)45-35(32)24-36(33)46-40)39-43-37(27-12-6-2-7-13-27)42-38(44-39)28-14-8-3-9-15-28/h1-24H. The number of fused-ring (bicyclic) bond motifs is 4. The van der Waals surface area contributed by atoms with Gasteiger partial charge in [0.1, 0.15) is 5.01 Å². The number of thiazole rings is 1. The third-order valence-corrected chi connectivity index (χ3v) is 10.4. The highest BCUT2D eigenvalue weighted by atomic mass is 32.1. The molecule has 3 aromatic heterocycles. The first-order valence-electron chi connectivity index (χ1n) is 15.1. The molecule has 0 aliphatic rings. The van der Waals surface area contributed by atoms with Crippen LogP contribution in [0.15, 0.2) is 146 Å². The van der Waals surface area contributed by atoms with Crippen LogP contribution in [0.25, 0.3) is 86.3 Å². The van der Waals surface area contributed by atoms with Crippen LogP contribution in [-0.2, 0) is 0 Å². The van der Waals surface area contributed by atoms with Gasteiger partial charge >= 0.3 is 0 Å². The maximum Gasteiger partial charge on any atom is 0.164 e. The highest BCUT2D eigenvalue weighted by molar-refractivity contribution is 7.26. The molecular weight excluding hydrogens is 601 g/mol. The Bertz CT molecular complexity index is 2450. The molecule has 6 aromatic carbocycles.